The molecule has 0 unspecified atom stereocenters. The summed E-state index contributed by atoms with van der Waals surface area (Å²) in [6.07, 6.45) is -4.12. The molecule has 2 nitrogen and oxygen atoms in total. The van der Waals surface area contributed by atoms with Crippen LogP contribution in [0.4, 0.5) is 13.2 Å². The number of halogens is 3. The van der Waals surface area contributed by atoms with E-state index in [1.807, 2.05) is 0 Å². The first-order valence-corrected chi connectivity index (χ1v) is 4.76. The quantitative estimate of drug-likeness (QED) is 0.810. The van der Waals surface area contributed by atoms with Crippen molar-refractivity contribution >= 4 is 5.78 Å². The molecule has 0 amide bonds. The van der Waals surface area contributed by atoms with Gasteiger partial charge < -0.3 is 5.11 Å². The number of carbonyl (C=O) groups is 1. The highest BCUT2D eigenvalue weighted by atomic mass is 19.4. The van der Waals surface area contributed by atoms with Gasteiger partial charge in [-0.1, -0.05) is 12.1 Å². The molecule has 0 radical (unpaired) electrons. The van der Waals surface area contributed by atoms with Crippen LogP contribution in [0.1, 0.15) is 28.8 Å². The molecule has 0 aliphatic rings. The number of ketones is 1. The summed E-state index contributed by atoms with van der Waals surface area (Å²) >= 11 is 0. The van der Waals surface area contributed by atoms with Gasteiger partial charge in [-0.2, -0.15) is 13.2 Å². The summed E-state index contributed by atoms with van der Waals surface area (Å²) in [4.78, 5) is 11.4. The molecule has 0 spiro atoms. The fourth-order valence-electron chi connectivity index (χ4n) is 1.25. The molecule has 0 saturated carbocycles. The van der Waals surface area contributed by atoms with E-state index in [-0.39, 0.29) is 30.8 Å². The molecule has 1 aromatic rings. The number of carbonyl (C=O) groups excluding carboxylic acids is 1. The highest BCUT2D eigenvalue weighted by molar-refractivity contribution is 5.96. The fourth-order valence-corrected chi connectivity index (χ4v) is 1.25. The number of Topliss-reactive ketones (excluding diaryl/α,β-unsaturated/α-hetero) is 1. The zero-order chi connectivity index (χ0) is 12.2. The maximum Gasteiger partial charge on any atom is 0.416 e. The molecule has 0 heterocycles. The van der Waals surface area contributed by atoms with Gasteiger partial charge in [-0.05, 0) is 18.6 Å². The molecule has 1 N–H and O–H groups in total. The Hall–Kier alpha value is -1.36. The van der Waals surface area contributed by atoms with E-state index in [1.165, 1.54) is 12.1 Å². The molecule has 5 heteroatoms. The summed E-state index contributed by atoms with van der Waals surface area (Å²) in [5.41, 5.74) is -0.800. The highest BCUT2D eigenvalue weighted by Gasteiger charge is 2.30. The van der Waals surface area contributed by atoms with E-state index in [0.29, 0.717) is 0 Å². The van der Waals surface area contributed by atoms with Crippen molar-refractivity contribution in [3.8, 4) is 0 Å². The normalized spacial score (nSPS) is 11.5. The SMILES string of the molecule is O=C(CCCO)c1cccc(C(F)(F)F)c1. The lowest BCUT2D eigenvalue weighted by molar-refractivity contribution is -0.137. The molecular formula is C11H11F3O2. The molecule has 0 atom stereocenters. The molecule has 16 heavy (non-hydrogen) atoms. The predicted octanol–water partition coefficient (Wildman–Crippen LogP) is 2.66. The van der Waals surface area contributed by atoms with Gasteiger partial charge in [0, 0.05) is 18.6 Å². The minimum atomic E-state index is -4.44. The van der Waals surface area contributed by atoms with Crippen LogP contribution in [-0.2, 0) is 6.18 Å². The minimum absolute atomic E-state index is 0.0308. The molecule has 1 aromatic carbocycles. The molecule has 88 valence electrons. The number of aliphatic hydroxyl groups is 1. The zero-order valence-corrected chi connectivity index (χ0v) is 8.42. The second-order valence-corrected chi connectivity index (χ2v) is 3.33. The van der Waals surface area contributed by atoms with E-state index in [1.54, 1.807) is 0 Å². The van der Waals surface area contributed by atoms with Crippen LogP contribution in [0, 0.1) is 0 Å². The third kappa shape index (κ3) is 3.34. The second kappa shape index (κ2) is 5.12. The predicted molar refractivity (Wildman–Crippen MR) is 52.1 cm³/mol. The van der Waals surface area contributed by atoms with E-state index in [2.05, 4.69) is 0 Å². The lowest BCUT2D eigenvalue weighted by atomic mass is 10.0. The first-order valence-electron chi connectivity index (χ1n) is 4.76. The van der Waals surface area contributed by atoms with Crippen molar-refractivity contribution in [3.05, 3.63) is 35.4 Å². The van der Waals surface area contributed by atoms with Gasteiger partial charge in [0.05, 0.1) is 5.56 Å². The summed E-state index contributed by atoms with van der Waals surface area (Å²) in [6.45, 7) is -0.148. The summed E-state index contributed by atoms with van der Waals surface area (Å²) in [6, 6.07) is 4.30. The Morgan fingerprint density at radius 1 is 1.31 bits per heavy atom. The molecule has 1 rings (SSSR count). The van der Waals surface area contributed by atoms with Crippen molar-refractivity contribution in [2.75, 3.05) is 6.61 Å². The maximum absolute atomic E-state index is 12.3. The van der Waals surface area contributed by atoms with Crippen molar-refractivity contribution < 1.29 is 23.1 Å². The summed E-state index contributed by atoms with van der Waals surface area (Å²) in [7, 11) is 0. The van der Waals surface area contributed by atoms with Gasteiger partial charge in [0.15, 0.2) is 5.78 Å². The largest absolute Gasteiger partial charge is 0.416 e. The van der Waals surface area contributed by atoms with Crippen LogP contribution in [0.3, 0.4) is 0 Å². The van der Waals surface area contributed by atoms with Crippen LogP contribution < -0.4 is 0 Å². The summed E-state index contributed by atoms with van der Waals surface area (Å²) < 4.78 is 37.0. The third-order valence-corrected chi connectivity index (χ3v) is 2.07. The lowest BCUT2D eigenvalue weighted by Crippen LogP contribution is -2.07. The van der Waals surface area contributed by atoms with Gasteiger partial charge in [-0.3, -0.25) is 4.79 Å². The van der Waals surface area contributed by atoms with E-state index < -0.39 is 11.7 Å². The minimum Gasteiger partial charge on any atom is -0.396 e. The van der Waals surface area contributed by atoms with Crippen molar-refractivity contribution in [2.45, 2.75) is 19.0 Å². The van der Waals surface area contributed by atoms with Crippen molar-refractivity contribution in [1.82, 2.24) is 0 Å². The van der Waals surface area contributed by atoms with Crippen LogP contribution in [0.5, 0.6) is 0 Å². The first kappa shape index (κ1) is 12.7. The zero-order valence-electron chi connectivity index (χ0n) is 8.42. The number of rotatable bonds is 4. The molecule has 0 aromatic heterocycles. The number of hydrogen-bond acceptors (Lipinski definition) is 2. The van der Waals surface area contributed by atoms with E-state index in [9.17, 15) is 18.0 Å². The monoisotopic (exact) mass is 232 g/mol. The molecule has 0 bridgehead atoms. The average Bonchev–Trinajstić information content (AvgIpc) is 2.25. The smallest absolute Gasteiger partial charge is 0.396 e. The number of benzene rings is 1. The van der Waals surface area contributed by atoms with E-state index in [4.69, 9.17) is 5.11 Å². The van der Waals surface area contributed by atoms with Crippen LogP contribution in [-0.4, -0.2) is 17.5 Å². The van der Waals surface area contributed by atoms with Crippen LogP contribution in [0.15, 0.2) is 24.3 Å². The molecular weight excluding hydrogens is 221 g/mol. The summed E-state index contributed by atoms with van der Waals surface area (Å²) in [5, 5.41) is 8.51. The van der Waals surface area contributed by atoms with Crippen molar-refractivity contribution in [2.24, 2.45) is 0 Å². The molecule has 0 saturated heterocycles. The van der Waals surface area contributed by atoms with Gasteiger partial charge in [-0.15, -0.1) is 0 Å². The van der Waals surface area contributed by atoms with Crippen molar-refractivity contribution in [1.29, 1.82) is 0 Å². The van der Waals surface area contributed by atoms with Crippen LogP contribution >= 0.6 is 0 Å². The Morgan fingerprint density at radius 3 is 2.56 bits per heavy atom. The van der Waals surface area contributed by atoms with Gasteiger partial charge >= 0.3 is 6.18 Å². The van der Waals surface area contributed by atoms with Gasteiger partial charge in [0.2, 0.25) is 0 Å². The van der Waals surface area contributed by atoms with E-state index >= 15 is 0 Å². The number of alkyl halides is 3. The lowest BCUT2D eigenvalue weighted by Gasteiger charge is -2.07. The Morgan fingerprint density at radius 2 is 2.00 bits per heavy atom. The first-order chi connectivity index (χ1) is 7.45. The molecule has 0 aliphatic heterocycles. The standard InChI is InChI=1S/C11H11F3O2/c12-11(13,14)9-4-1-3-8(7-9)10(16)5-2-6-15/h1,3-4,7,15H,2,5-6H2. The fraction of sp³-hybridized carbons (Fsp3) is 0.364. The van der Waals surface area contributed by atoms with Crippen LogP contribution in [0.25, 0.3) is 0 Å². The van der Waals surface area contributed by atoms with Gasteiger partial charge in [-0.25, -0.2) is 0 Å². The average molecular weight is 232 g/mol. The third-order valence-electron chi connectivity index (χ3n) is 2.07. The van der Waals surface area contributed by atoms with E-state index in [0.717, 1.165) is 12.1 Å². The Labute approximate surface area is 90.7 Å². The van der Waals surface area contributed by atoms with Crippen molar-refractivity contribution in [3.63, 3.8) is 0 Å². The Balaban J connectivity index is 2.86. The van der Waals surface area contributed by atoms with Gasteiger partial charge in [0.1, 0.15) is 0 Å². The maximum atomic E-state index is 12.3. The summed E-state index contributed by atoms with van der Waals surface area (Å²) in [5.74, 6) is -0.389. The molecule has 0 aliphatic carbocycles. The topological polar surface area (TPSA) is 37.3 Å². The molecule has 0 fully saturated rings. The Bertz CT molecular complexity index is 372. The van der Waals surface area contributed by atoms with Gasteiger partial charge in [0.25, 0.3) is 0 Å². The second-order valence-electron chi connectivity index (χ2n) is 3.33. The number of hydrogen-bond donors (Lipinski definition) is 1. The highest BCUT2D eigenvalue weighted by Crippen LogP contribution is 2.29. The number of aliphatic hydroxyl groups excluding tert-OH is 1. The van der Waals surface area contributed by atoms with Crippen LogP contribution in [0.2, 0.25) is 0 Å². The Kier molecular flexibility index (Phi) is 4.06.